The molecule has 4 rings (SSSR count). The van der Waals surface area contributed by atoms with Crippen LogP contribution in [0.2, 0.25) is 0 Å². The van der Waals surface area contributed by atoms with Crippen molar-refractivity contribution in [3.05, 3.63) is 29.3 Å². The summed E-state index contributed by atoms with van der Waals surface area (Å²) >= 11 is 0. The first kappa shape index (κ1) is 14.5. The van der Waals surface area contributed by atoms with Gasteiger partial charge in [0.25, 0.3) is 0 Å². The van der Waals surface area contributed by atoms with E-state index in [0.717, 1.165) is 25.7 Å². The smallest absolute Gasteiger partial charge is 0.106 e. The molecule has 1 heterocycles. The second-order valence-electron chi connectivity index (χ2n) is 7.15. The molecule has 22 heavy (non-hydrogen) atoms. The molecule has 3 heteroatoms. The van der Waals surface area contributed by atoms with Gasteiger partial charge >= 0.3 is 0 Å². The molecule has 1 saturated heterocycles. The molecule has 3 nitrogen and oxygen atoms in total. The average molecular weight is 298 g/mol. The predicted octanol–water partition coefficient (Wildman–Crippen LogP) is 3.17. The Balaban J connectivity index is 1.41. The van der Waals surface area contributed by atoms with Crippen molar-refractivity contribution >= 4 is 5.69 Å². The van der Waals surface area contributed by atoms with E-state index in [1.807, 2.05) is 0 Å². The molecule has 1 radical (unpaired) electrons. The van der Waals surface area contributed by atoms with Crippen LogP contribution in [0.15, 0.2) is 18.2 Å². The topological polar surface area (TPSA) is 29.4 Å². The minimum atomic E-state index is 0.280. The van der Waals surface area contributed by atoms with Crippen LogP contribution in [-0.2, 0) is 12.8 Å². The molecule has 0 aromatic heterocycles. The Hall–Kier alpha value is -1.06. The van der Waals surface area contributed by atoms with Crippen LogP contribution in [0, 0.1) is 0 Å². The number of nitrogens with one attached hydrogen (secondary N) is 1. The third-order valence-electron chi connectivity index (χ3n) is 5.70. The van der Waals surface area contributed by atoms with Crippen molar-refractivity contribution in [3.8, 4) is 0 Å². The second-order valence-corrected chi connectivity index (χ2v) is 7.15. The number of aryl methyl sites for hydroxylation is 1. The highest BCUT2D eigenvalue weighted by molar-refractivity contribution is 5.57. The highest BCUT2D eigenvalue weighted by atomic mass is 15.3. The van der Waals surface area contributed by atoms with Crippen LogP contribution < -0.4 is 10.6 Å². The standard InChI is InChI=1S/C19H28N3/c1-2-8-16(9-3-1)22-13-12-20-19(14-22)21-18-11-5-7-15-6-4-10-17(15)18/h5,7,11,16,19,21H,1-4,6,8-10,12-14H2. The summed E-state index contributed by atoms with van der Waals surface area (Å²) in [6, 6.07) is 7.56. The van der Waals surface area contributed by atoms with E-state index in [1.165, 1.54) is 57.1 Å². The molecular weight excluding hydrogens is 270 g/mol. The highest BCUT2D eigenvalue weighted by Crippen LogP contribution is 2.30. The van der Waals surface area contributed by atoms with Crippen LogP contribution in [-0.4, -0.2) is 36.7 Å². The molecule has 2 aliphatic carbocycles. The lowest BCUT2D eigenvalue weighted by Crippen LogP contribution is -2.54. The molecule has 1 N–H and O–H groups in total. The first-order chi connectivity index (χ1) is 10.9. The van der Waals surface area contributed by atoms with Crippen LogP contribution in [0.25, 0.3) is 0 Å². The van der Waals surface area contributed by atoms with Crippen molar-refractivity contribution in [3.63, 3.8) is 0 Å². The number of rotatable bonds is 3. The molecule has 0 amide bonds. The summed E-state index contributed by atoms with van der Waals surface area (Å²) in [6.07, 6.45) is 11.1. The van der Waals surface area contributed by atoms with Gasteiger partial charge in [-0.2, -0.15) is 0 Å². The number of fused-ring (bicyclic) bond motifs is 1. The lowest BCUT2D eigenvalue weighted by atomic mass is 9.93. The van der Waals surface area contributed by atoms with E-state index in [9.17, 15) is 0 Å². The van der Waals surface area contributed by atoms with Gasteiger partial charge in [-0.1, -0.05) is 31.4 Å². The zero-order valence-corrected chi connectivity index (χ0v) is 13.6. The van der Waals surface area contributed by atoms with E-state index in [4.69, 9.17) is 5.32 Å². The molecule has 0 bridgehead atoms. The van der Waals surface area contributed by atoms with Crippen molar-refractivity contribution in [1.29, 1.82) is 0 Å². The highest BCUT2D eigenvalue weighted by Gasteiger charge is 2.28. The first-order valence-corrected chi connectivity index (χ1v) is 9.18. The Labute approximate surface area is 134 Å². The Morgan fingerprint density at radius 3 is 2.86 bits per heavy atom. The monoisotopic (exact) mass is 298 g/mol. The van der Waals surface area contributed by atoms with Gasteiger partial charge in [-0.05, 0) is 49.3 Å². The summed E-state index contributed by atoms with van der Waals surface area (Å²) in [5.74, 6) is 0. The average Bonchev–Trinajstić information content (AvgIpc) is 3.06. The second kappa shape index (κ2) is 6.59. The van der Waals surface area contributed by atoms with Gasteiger partial charge in [0, 0.05) is 31.4 Å². The van der Waals surface area contributed by atoms with Crippen LogP contribution in [0.1, 0.15) is 49.7 Å². The Morgan fingerprint density at radius 2 is 1.95 bits per heavy atom. The molecule has 1 atom stereocenters. The van der Waals surface area contributed by atoms with Gasteiger partial charge in [0.05, 0.1) is 0 Å². The van der Waals surface area contributed by atoms with Crippen LogP contribution in [0.4, 0.5) is 5.69 Å². The van der Waals surface area contributed by atoms with Gasteiger partial charge in [0.15, 0.2) is 0 Å². The number of hydrogen-bond donors (Lipinski definition) is 1. The molecule has 1 unspecified atom stereocenters. The normalized spacial score (nSPS) is 26.8. The number of benzene rings is 1. The summed E-state index contributed by atoms with van der Waals surface area (Å²) in [7, 11) is 0. The Kier molecular flexibility index (Phi) is 4.35. The molecule has 1 aliphatic heterocycles. The summed E-state index contributed by atoms with van der Waals surface area (Å²) in [6.45, 7) is 3.24. The fourth-order valence-electron chi connectivity index (χ4n) is 4.52. The zero-order valence-electron chi connectivity index (χ0n) is 13.6. The largest absolute Gasteiger partial charge is 0.367 e. The minimum Gasteiger partial charge on any atom is -0.367 e. The van der Waals surface area contributed by atoms with Crippen molar-refractivity contribution < 1.29 is 0 Å². The van der Waals surface area contributed by atoms with E-state index in [2.05, 4.69) is 28.4 Å². The van der Waals surface area contributed by atoms with Gasteiger partial charge in [-0.15, -0.1) is 0 Å². The minimum absolute atomic E-state index is 0.280. The molecule has 3 aliphatic rings. The van der Waals surface area contributed by atoms with Gasteiger partial charge in [-0.25, -0.2) is 5.32 Å². The van der Waals surface area contributed by atoms with E-state index >= 15 is 0 Å². The summed E-state index contributed by atoms with van der Waals surface area (Å²) in [5, 5.41) is 8.58. The van der Waals surface area contributed by atoms with E-state index < -0.39 is 0 Å². The quantitative estimate of drug-likeness (QED) is 0.929. The van der Waals surface area contributed by atoms with Crippen molar-refractivity contribution in [2.24, 2.45) is 0 Å². The maximum absolute atomic E-state index is 4.84. The molecule has 0 spiro atoms. The predicted molar refractivity (Wildman–Crippen MR) is 91.3 cm³/mol. The van der Waals surface area contributed by atoms with Crippen LogP contribution >= 0.6 is 0 Å². The van der Waals surface area contributed by atoms with E-state index in [1.54, 1.807) is 11.1 Å². The van der Waals surface area contributed by atoms with Gasteiger partial charge in [0.2, 0.25) is 0 Å². The molecule has 2 fully saturated rings. The van der Waals surface area contributed by atoms with Gasteiger partial charge in [0.1, 0.15) is 6.17 Å². The zero-order chi connectivity index (χ0) is 14.8. The molecule has 119 valence electrons. The summed E-state index contributed by atoms with van der Waals surface area (Å²) in [4.78, 5) is 2.70. The van der Waals surface area contributed by atoms with Crippen LogP contribution in [0.3, 0.4) is 0 Å². The van der Waals surface area contributed by atoms with Crippen LogP contribution in [0.5, 0.6) is 0 Å². The summed E-state index contributed by atoms with van der Waals surface area (Å²) < 4.78 is 0. The maximum atomic E-state index is 4.84. The lowest BCUT2D eigenvalue weighted by Gasteiger charge is -2.40. The SMILES string of the molecule is c1cc2c(c(NC3CN(C4CCCCC4)CC[N]3)c1)CCC2. The van der Waals surface area contributed by atoms with Crippen molar-refractivity contribution in [2.45, 2.75) is 63.6 Å². The molecule has 1 aromatic rings. The lowest BCUT2D eigenvalue weighted by molar-refractivity contribution is 0.120. The number of piperazine rings is 1. The van der Waals surface area contributed by atoms with Crippen molar-refractivity contribution in [2.75, 3.05) is 25.0 Å². The Bertz CT molecular complexity index is 507. The number of hydrogen-bond acceptors (Lipinski definition) is 2. The fourth-order valence-corrected chi connectivity index (χ4v) is 4.52. The van der Waals surface area contributed by atoms with Gasteiger partial charge in [-0.3, -0.25) is 4.90 Å². The summed E-state index contributed by atoms with van der Waals surface area (Å²) in [5.41, 5.74) is 4.44. The number of nitrogens with zero attached hydrogens (tertiary/aromatic N) is 2. The van der Waals surface area contributed by atoms with E-state index in [-0.39, 0.29) is 6.17 Å². The Morgan fingerprint density at radius 1 is 1.05 bits per heavy atom. The fraction of sp³-hybridized carbons (Fsp3) is 0.684. The molecule has 1 saturated carbocycles. The maximum Gasteiger partial charge on any atom is 0.106 e. The molecule has 1 aromatic carbocycles. The first-order valence-electron chi connectivity index (χ1n) is 9.18. The van der Waals surface area contributed by atoms with Crippen molar-refractivity contribution in [1.82, 2.24) is 10.2 Å². The van der Waals surface area contributed by atoms with Gasteiger partial charge < -0.3 is 5.32 Å². The third-order valence-corrected chi connectivity index (χ3v) is 5.70. The van der Waals surface area contributed by atoms with E-state index in [0.29, 0.717) is 0 Å². The molecular formula is C19H28N3. The third kappa shape index (κ3) is 3.02. The number of anilines is 1.